The molecule has 0 saturated carbocycles. The summed E-state index contributed by atoms with van der Waals surface area (Å²) >= 11 is 3.33. The molecule has 1 atom stereocenters. The molecule has 1 N–H and O–H groups in total. The van der Waals surface area contributed by atoms with Crippen molar-refractivity contribution in [2.45, 2.75) is 39.7 Å². The Kier molecular flexibility index (Phi) is 5.77. The summed E-state index contributed by atoms with van der Waals surface area (Å²) in [7, 11) is 0. The van der Waals surface area contributed by atoms with Crippen LogP contribution in [0.1, 0.15) is 37.9 Å². The molecular weight excluding hydrogens is 356 g/mol. The van der Waals surface area contributed by atoms with Crippen LogP contribution in [0.2, 0.25) is 0 Å². The molecule has 1 aromatic carbocycles. The molecule has 122 valence electrons. The summed E-state index contributed by atoms with van der Waals surface area (Å²) in [5.74, 6) is -0.194. The van der Waals surface area contributed by atoms with Gasteiger partial charge in [0.1, 0.15) is 6.04 Å². The van der Waals surface area contributed by atoms with Gasteiger partial charge in [-0.1, -0.05) is 32.0 Å². The molecule has 2 aromatic rings. The van der Waals surface area contributed by atoms with Crippen LogP contribution in [0.25, 0.3) is 0 Å². The van der Waals surface area contributed by atoms with E-state index in [1.807, 2.05) is 18.2 Å². The number of para-hydroxylation sites is 1. The van der Waals surface area contributed by atoms with Gasteiger partial charge in [-0.2, -0.15) is 0 Å². The molecule has 23 heavy (non-hydrogen) atoms. The highest BCUT2D eigenvalue weighted by Crippen LogP contribution is 2.23. The zero-order valence-corrected chi connectivity index (χ0v) is 15.2. The highest BCUT2D eigenvalue weighted by atomic mass is 79.9. The minimum Gasteiger partial charge on any atom is -0.324 e. The number of anilines is 1. The van der Waals surface area contributed by atoms with Gasteiger partial charge < -0.3 is 9.88 Å². The van der Waals surface area contributed by atoms with Gasteiger partial charge in [0, 0.05) is 22.4 Å². The Bertz CT molecular complexity index is 746. The highest BCUT2D eigenvalue weighted by Gasteiger charge is 2.18. The average Bonchev–Trinajstić information content (AvgIpc) is 2.56. The van der Waals surface area contributed by atoms with E-state index in [-0.39, 0.29) is 11.5 Å². The van der Waals surface area contributed by atoms with Gasteiger partial charge in [0.05, 0.1) is 0 Å². The van der Waals surface area contributed by atoms with Gasteiger partial charge in [-0.05, 0) is 52.9 Å². The number of carbonyl (C=O) groups is 1. The van der Waals surface area contributed by atoms with Crippen LogP contribution < -0.4 is 10.9 Å². The number of nitrogens with one attached hydrogen (secondary N) is 1. The zero-order valence-electron chi connectivity index (χ0n) is 13.6. The van der Waals surface area contributed by atoms with E-state index in [0.29, 0.717) is 0 Å². The Hall–Kier alpha value is -1.88. The fourth-order valence-electron chi connectivity index (χ4n) is 2.54. The van der Waals surface area contributed by atoms with Gasteiger partial charge in [-0.15, -0.1) is 0 Å². The van der Waals surface area contributed by atoms with Gasteiger partial charge in [-0.3, -0.25) is 9.59 Å². The molecule has 1 unspecified atom stereocenters. The molecule has 4 nitrogen and oxygen atoms in total. The van der Waals surface area contributed by atoms with Crippen LogP contribution in [0.5, 0.6) is 0 Å². The SMILES string of the molecule is CCc1cccc(CC)c1NC(=O)C(C)n1cc(Br)ccc1=O. The van der Waals surface area contributed by atoms with Crippen molar-refractivity contribution in [1.29, 1.82) is 0 Å². The molecule has 0 radical (unpaired) electrons. The number of pyridine rings is 1. The number of hydrogen-bond acceptors (Lipinski definition) is 2. The largest absolute Gasteiger partial charge is 0.324 e. The van der Waals surface area contributed by atoms with Gasteiger partial charge in [0.15, 0.2) is 0 Å². The molecule has 1 aromatic heterocycles. The number of halogens is 1. The third kappa shape index (κ3) is 3.91. The maximum atomic E-state index is 12.6. The molecule has 0 aliphatic heterocycles. The lowest BCUT2D eigenvalue weighted by Gasteiger charge is -2.19. The van der Waals surface area contributed by atoms with Gasteiger partial charge in [0.2, 0.25) is 5.91 Å². The summed E-state index contributed by atoms with van der Waals surface area (Å²) in [6.45, 7) is 5.85. The van der Waals surface area contributed by atoms with Crippen molar-refractivity contribution in [3.63, 3.8) is 0 Å². The molecule has 1 amide bonds. The molecule has 5 heteroatoms. The number of aryl methyl sites for hydroxylation is 2. The summed E-state index contributed by atoms with van der Waals surface area (Å²) in [5, 5.41) is 3.01. The number of carbonyl (C=O) groups excluding carboxylic acids is 1. The van der Waals surface area contributed by atoms with Crippen molar-refractivity contribution in [2.24, 2.45) is 0 Å². The molecule has 0 aliphatic rings. The first-order valence-corrected chi connectivity index (χ1v) is 8.56. The zero-order chi connectivity index (χ0) is 17.0. The molecule has 1 heterocycles. The second-order valence-electron chi connectivity index (χ2n) is 5.42. The number of amides is 1. The average molecular weight is 377 g/mol. The van der Waals surface area contributed by atoms with Crippen LogP contribution in [-0.2, 0) is 17.6 Å². The predicted octanol–water partition coefficient (Wildman–Crippen LogP) is 3.94. The minimum atomic E-state index is -0.588. The Morgan fingerprint density at radius 2 is 1.78 bits per heavy atom. The molecule has 0 bridgehead atoms. The standard InChI is InChI=1S/C18H21BrN2O2/c1-4-13-7-6-8-14(5-2)17(13)20-18(23)12(3)21-11-15(19)9-10-16(21)22/h6-12H,4-5H2,1-3H3,(H,20,23). The van der Waals surface area contributed by atoms with Crippen LogP contribution in [0.4, 0.5) is 5.69 Å². The first kappa shape index (κ1) is 17.5. The molecule has 0 aliphatic carbocycles. The van der Waals surface area contributed by atoms with Crippen LogP contribution in [-0.4, -0.2) is 10.5 Å². The Labute approximate surface area is 144 Å². The Morgan fingerprint density at radius 1 is 1.17 bits per heavy atom. The third-order valence-electron chi connectivity index (χ3n) is 3.95. The normalized spacial score (nSPS) is 12.0. The van der Waals surface area contributed by atoms with E-state index in [2.05, 4.69) is 35.1 Å². The number of nitrogens with zero attached hydrogens (tertiary/aromatic N) is 1. The van der Waals surface area contributed by atoms with Crippen molar-refractivity contribution in [2.75, 3.05) is 5.32 Å². The second-order valence-corrected chi connectivity index (χ2v) is 6.33. The topological polar surface area (TPSA) is 51.1 Å². The van der Waals surface area contributed by atoms with E-state index in [1.165, 1.54) is 10.6 Å². The number of rotatable bonds is 5. The predicted molar refractivity (Wildman–Crippen MR) is 96.9 cm³/mol. The van der Waals surface area contributed by atoms with Crippen molar-refractivity contribution >= 4 is 27.5 Å². The Morgan fingerprint density at radius 3 is 2.35 bits per heavy atom. The van der Waals surface area contributed by atoms with E-state index in [1.54, 1.807) is 19.2 Å². The lowest BCUT2D eigenvalue weighted by molar-refractivity contribution is -0.118. The maximum Gasteiger partial charge on any atom is 0.251 e. The van der Waals surface area contributed by atoms with E-state index < -0.39 is 6.04 Å². The summed E-state index contributed by atoms with van der Waals surface area (Å²) < 4.78 is 2.19. The fourth-order valence-corrected chi connectivity index (χ4v) is 2.89. The van der Waals surface area contributed by atoms with E-state index in [0.717, 1.165) is 34.1 Å². The number of hydrogen-bond donors (Lipinski definition) is 1. The van der Waals surface area contributed by atoms with Crippen molar-refractivity contribution in [3.05, 3.63) is 62.5 Å². The molecule has 2 rings (SSSR count). The van der Waals surface area contributed by atoms with Crippen molar-refractivity contribution < 1.29 is 4.79 Å². The van der Waals surface area contributed by atoms with E-state index >= 15 is 0 Å². The third-order valence-corrected chi connectivity index (χ3v) is 4.41. The number of aromatic nitrogens is 1. The highest BCUT2D eigenvalue weighted by molar-refractivity contribution is 9.10. The number of benzene rings is 1. The molecule has 0 spiro atoms. The first-order chi connectivity index (χ1) is 11.0. The quantitative estimate of drug-likeness (QED) is 0.858. The molecule has 0 fully saturated rings. The second kappa shape index (κ2) is 7.59. The van der Waals surface area contributed by atoms with Crippen molar-refractivity contribution in [3.8, 4) is 0 Å². The lowest BCUT2D eigenvalue weighted by Crippen LogP contribution is -2.31. The summed E-state index contributed by atoms with van der Waals surface area (Å²) in [4.78, 5) is 24.6. The van der Waals surface area contributed by atoms with Crippen LogP contribution >= 0.6 is 15.9 Å². The summed E-state index contributed by atoms with van der Waals surface area (Å²) in [6, 6.07) is 8.58. The lowest BCUT2D eigenvalue weighted by atomic mass is 10.0. The molecule has 0 saturated heterocycles. The first-order valence-electron chi connectivity index (χ1n) is 7.77. The fraction of sp³-hybridized carbons (Fsp3) is 0.333. The van der Waals surface area contributed by atoms with E-state index in [9.17, 15) is 9.59 Å². The van der Waals surface area contributed by atoms with Crippen molar-refractivity contribution in [1.82, 2.24) is 4.57 Å². The van der Waals surface area contributed by atoms with Crippen LogP contribution in [0, 0.1) is 0 Å². The smallest absolute Gasteiger partial charge is 0.251 e. The minimum absolute atomic E-state index is 0.194. The van der Waals surface area contributed by atoms with Crippen LogP contribution in [0.3, 0.4) is 0 Å². The summed E-state index contributed by atoms with van der Waals surface area (Å²) in [5.41, 5.74) is 2.88. The van der Waals surface area contributed by atoms with Gasteiger partial charge in [-0.25, -0.2) is 0 Å². The van der Waals surface area contributed by atoms with Gasteiger partial charge >= 0.3 is 0 Å². The Balaban J connectivity index is 2.32. The van der Waals surface area contributed by atoms with E-state index in [4.69, 9.17) is 0 Å². The monoisotopic (exact) mass is 376 g/mol. The summed E-state index contributed by atoms with van der Waals surface area (Å²) in [6.07, 6.45) is 3.32. The van der Waals surface area contributed by atoms with Crippen LogP contribution in [0.15, 0.2) is 45.8 Å². The maximum absolute atomic E-state index is 12.6. The molecular formula is C18H21BrN2O2. The van der Waals surface area contributed by atoms with Gasteiger partial charge in [0.25, 0.3) is 5.56 Å².